The molecule has 0 saturated heterocycles. The van der Waals surface area contributed by atoms with Crippen molar-refractivity contribution in [2.75, 3.05) is 10.5 Å². The van der Waals surface area contributed by atoms with E-state index in [0.29, 0.717) is 18.2 Å². The molecule has 0 atom stereocenters. The van der Waals surface area contributed by atoms with Crippen LogP contribution in [0.5, 0.6) is 0 Å². The Bertz CT molecular complexity index is 1120. The average molecular weight is 375 g/mol. The number of aromatic nitrogens is 2. The zero-order valence-electron chi connectivity index (χ0n) is 13.0. The smallest absolute Gasteiger partial charge is 0.262 e. The highest BCUT2D eigenvalue weighted by molar-refractivity contribution is 7.92. The Labute approximate surface area is 147 Å². The zero-order valence-corrected chi connectivity index (χ0v) is 13.8. The van der Waals surface area contributed by atoms with Gasteiger partial charge in [-0.1, -0.05) is 12.1 Å². The summed E-state index contributed by atoms with van der Waals surface area (Å²) in [6, 6.07) is 9.94. The Morgan fingerprint density at radius 1 is 1.15 bits per heavy atom. The van der Waals surface area contributed by atoms with Crippen LogP contribution in [-0.4, -0.2) is 18.2 Å². The summed E-state index contributed by atoms with van der Waals surface area (Å²) >= 11 is 0. The molecule has 0 aliphatic heterocycles. The van der Waals surface area contributed by atoms with E-state index in [1.807, 2.05) is 6.07 Å². The fourth-order valence-corrected chi connectivity index (χ4v) is 3.38. The summed E-state index contributed by atoms with van der Waals surface area (Å²) < 4.78 is 55.1. The number of nitriles is 1. The number of hydrogen-bond donors (Lipinski definition) is 2. The van der Waals surface area contributed by atoms with E-state index in [-0.39, 0.29) is 22.8 Å². The van der Waals surface area contributed by atoms with Crippen LogP contribution in [-0.2, 0) is 10.0 Å². The van der Waals surface area contributed by atoms with E-state index >= 15 is 0 Å². The molecule has 0 saturated carbocycles. The summed E-state index contributed by atoms with van der Waals surface area (Å²) in [6.45, 7) is 0. The van der Waals surface area contributed by atoms with Crippen LogP contribution in [0.4, 0.5) is 20.3 Å². The first-order valence-corrected chi connectivity index (χ1v) is 8.62. The number of nitrogens with two attached hydrogens (primary N) is 1. The van der Waals surface area contributed by atoms with Crippen LogP contribution >= 0.6 is 0 Å². The Balaban J connectivity index is 2.06. The molecule has 26 heavy (non-hydrogen) atoms. The normalized spacial score (nSPS) is 11.1. The van der Waals surface area contributed by atoms with E-state index in [4.69, 9.17) is 11.0 Å². The van der Waals surface area contributed by atoms with Crippen molar-refractivity contribution in [3.8, 4) is 11.8 Å². The van der Waals surface area contributed by atoms with Crippen molar-refractivity contribution in [1.82, 2.24) is 9.78 Å². The van der Waals surface area contributed by atoms with Gasteiger partial charge >= 0.3 is 0 Å². The lowest BCUT2D eigenvalue weighted by Gasteiger charge is -2.13. The summed E-state index contributed by atoms with van der Waals surface area (Å²) in [5.41, 5.74) is 6.26. The third-order valence-corrected chi connectivity index (χ3v) is 4.79. The number of benzene rings is 2. The van der Waals surface area contributed by atoms with Crippen LogP contribution in [0.1, 0.15) is 5.56 Å². The third-order valence-electron chi connectivity index (χ3n) is 3.45. The van der Waals surface area contributed by atoms with Gasteiger partial charge in [0, 0.05) is 6.07 Å². The molecule has 1 aromatic heterocycles. The highest BCUT2D eigenvalue weighted by Gasteiger charge is 2.20. The third kappa shape index (κ3) is 3.20. The summed E-state index contributed by atoms with van der Waals surface area (Å²) in [7, 11) is -4.28. The minimum atomic E-state index is -4.28. The standard InChI is InChI=1S/C16H11F2N5O2S/c17-11-5-12(18)7-13(6-11)26(24,25)22-14-3-1-2-4-15(14)23-16(20)10(8-19)9-21-23/h1-7,9,22H,20H2. The van der Waals surface area contributed by atoms with E-state index < -0.39 is 26.6 Å². The van der Waals surface area contributed by atoms with Gasteiger partial charge in [-0.3, -0.25) is 4.72 Å². The molecule has 3 N–H and O–H groups in total. The Morgan fingerprint density at radius 2 is 1.81 bits per heavy atom. The molecule has 1 heterocycles. The summed E-state index contributed by atoms with van der Waals surface area (Å²) in [5.74, 6) is -2.02. The Kier molecular flexibility index (Phi) is 4.31. The van der Waals surface area contributed by atoms with Gasteiger partial charge in [0.05, 0.1) is 22.5 Å². The van der Waals surface area contributed by atoms with Crippen LogP contribution < -0.4 is 10.5 Å². The number of para-hydroxylation sites is 2. The second kappa shape index (κ2) is 6.45. The van der Waals surface area contributed by atoms with E-state index in [1.54, 1.807) is 12.1 Å². The van der Waals surface area contributed by atoms with Gasteiger partial charge in [0.15, 0.2) is 0 Å². The Hall–Kier alpha value is -3.45. The molecule has 0 amide bonds. The van der Waals surface area contributed by atoms with Crippen LogP contribution in [0, 0.1) is 23.0 Å². The number of nitrogen functional groups attached to an aromatic ring is 1. The molecule has 2 aromatic carbocycles. The predicted molar refractivity (Wildman–Crippen MR) is 89.9 cm³/mol. The van der Waals surface area contributed by atoms with Crippen molar-refractivity contribution in [1.29, 1.82) is 5.26 Å². The topological polar surface area (TPSA) is 114 Å². The lowest BCUT2D eigenvalue weighted by Crippen LogP contribution is -2.16. The average Bonchev–Trinajstić information content (AvgIpc) is 2.95. The number of rotatable bonds is 4. The van der Waals surface area contributed by atoms with Crippen molar-refractivity contribution >= 4 is 21.5 Å². The number of sulfonamides is 1. The van der Waals surface area contributed by atoms with Crippen molar-refractivity contribution in [3.05, 3.63) is 65.9 Å². The van der Waals surface area contributed by atoms with Crippen molar-refractivity contribution in [2.45, 2.75) is 4.90 Å². The molecule has 0 aliphatic carbocycles. The molecule has 10 heteroatoms. The molecule has 3 rings (SSSR count). The molecule has 3 aromatic rings. The van der Waals surface area contributed by atoms with Gasteiger partial charge in [0.1, 0.15) is 29.1 Å². The van der Waals surface area contributed by atoms with Gasteiger partial charge in [0.2, 0.25) is 0 Å². The van der Waals surface area contributed by atoms with Crippen molar-refractivity contribution in [2.24, 2.45) is 0 Å². The molecule has 0 spiro atoms. The van der Waals surface area contributed by atoms with E-state index in [2.05, 4.69) is 9.82 Å². The SMILES string of the molecule is N#Cc1cnn(-c2ccccc2NS(=O)(=O)c2cc(F)cc(F)c2)c1N. The van der Waals surface area contributed by atoms with Crippen LogP contribution in [0.15, 0.2) is 53.6 Å². The van der Waals surface area contributed by atoms with Gasteiger partial charge in [-0.15, -0.1) is 0 Å². The van der Waals surface area contributed by atoms with Crippen molar-refractivity contribution < 1.29 is 17.2 Å². The number of nitrogens with zero attached hydrogens (tertiary/aromatic N) is 3. The maximum absolute atomic E-state index is 13.3. The predicted octanol–water partition coefficient (Wildman–Crippen LogP) is 2.41. The summed E-state index contributed by atoms with van der Waals surface area (Å²) in [5, 5.41) is 12.9. The quantitative estimate of drug-likeness (QED) is 0.727. The van der Waals surface area contributed by atoms with Crippen LogP contribution in [0.3, 0.4) is 0 Å². The van der Waals surface area contributed by atoms with E-state index in [1.165, 1.54) is 23.0 Å². The van der Waals surface area contributed by atoms with Crippen LogP contribution in [0.25, 0.3) is 5.69 Å². The summed E-state index contributed by atoms with van der Waals surface area (Å²) in [6.07, 6.45) is 1.24. The molecular weight excluding hydrogens is 364 g/mol. The lowest BCUT2D eigenvalue weighted by molar-refractivity contribution is 0.568. The first-order chi connectivity index (χ1) is 12.3. The monoisotopic (exact) mass is 375 g/mol. The van der Waals surface area contributed by atoms with Crippen LogP contribution in [0.2, 0.25) is 0 Å². The summed E-state index contributed by atoms with van der Waals surface area (Å²) in [4.78, 5) is -0.573. The number of halogens is 2. The molecule has 0 bridgehead atoms. The van der Waals surface area contributed by atoms with Crippen molar-refractivity contribution in [3.63, 3.8) is 0 Å². The van der Waals surface area contributed by atoms with Gasteiger partial charge in [-0.2, -0.15) is 10.4 Å². The molecule has 0 unspecified atom stereocenters. The minimum Gasteiger partial charge on any atom is -0.382 e. The maximum Gasteiger partial charge on any atom is 0.262 e. The number of nitrogens with one attached hydrogen (secondary N) is 1. The van der Waals surface area contributed by atoms with E-state index in [9.17, 15) is 17.2 Å². The molecule has 132 valence electrons. The number of anilines is 2. The fraction of sp³-hybridized carbons (Fsp3) is 0. The van der Waals surface area contributed by atoms with Gasteiger partial charge in [-0.25, -0.2) is 21.9 Å². The highest BCUT2D eigenvalue weighted by Crippen LogP contribution is 2.26. The first-order valence-electron chi connectivity index (χ1n) is 7.14. The minimum absolute atomic E-state index is 0.0240. The largest absolute Gasteiger partial charge is 0.382 e. The molecule has 7 nitrogen and oxygen atoms in total. The zero-order chi connectivity index (χ0) is 18.9. The highest BCUT2D eigenvalue weighted by atomic mass is 32.2. The second-order valence-electron chi connectivity index (χ2n) is 5.19. The van der Waals surface area contributed by atoms with Gasteiger partial charge in [-0.05, 0) is 24.3 Å². The molecular formula is C16H11F2N5O2S. The number of hydrogen-bond acceptors (Lipinski definition) is 5. The lowest BCUT2D eigenvalue weighted by atomic mass is 10.2. The maximum atomic E-state index is 13.3. The Morgan fingerprint density at radius 3 is 2.42 bits per heavy atom. The van der Waals surface area contributed by atoms with Gasteiger partial charge < -0.3 is 5.73 Å². The fourth-order valence-electron chi connectivity index (χ4n) is 2.27. The molecule has 0 aliphatic rings. The van der Waals surface area contributed by atoms with E-state index in [0.717, 1.165) is 0 Å². The second-order valence-corrected chi connectivity index (χ2v) is 6.88. The van der Waals surface area contributed by atoms with Gasteiger partial charge in [0.25, 0.3) is 10.0 Å². The molecule has 0 radical (unpaired) electrons. The molecule has 0 fully saturated rings. The first kappa shape index (κ1) is 17.4.